The fourth-order valence-electron chi connectivity index (χ4n) is 4.28. The quantitative estimate of drug-likeness (QED) is 0.247. The number of hydrogen-bond acceptors (Lipinski definition) is 9. The molecule has 2 aliphatic rings. The lowest BCUT2D eigenvalue weighted by molar-refractivity contribution is -0.0437. The van der Waals surface area contributed by atoms with Gasteiger partial charge in [0, 0.05) is 27.9 Å². The van der Waals surface area contributed by atoms with E-state index in [1.165, 1.54) is 18.7 Å². The first-order valence-electron chi connectivity index (χ1n) is 12.5. The van der Waals surface area contributed by atoms with Crippen LogP contribution in [0.25, 0.3) is 17.5 Å². The molecule has 4 atom stereocenters. The zero-order valence-corrected chi connectivity index (χ0v) is 23.7. The lowest BCUT2D eigenvalue weighted by Gasteiger charge is -2.24. The van der Waals surface area contributed by atoms with E-state index in [0.29, 0.717) is 35.1 Å². The van der Waals surface area contributed by atoms with Gasteiger partial charge in [-0.3, -0.25) is 10.4 Å². The van der Waals surface area contributed by atoms with Crippen molar-refractivity contribution in [1.82, 2.24) is 9.97 Å². The largest absolute Gasteiger partial charge is 0.459 e. The molecule has 2 aromatic rings. The number of aliphatic hydroxyl groups is 2. The third-order valence-corrected chi connectivity index (χ3v) is 7.12. The number of aromatic nitrogens is 2. The molecule has 1 aromatic heterocycles. The summed E-state index contributed by atoms with van der Waals surface area (Å²) in [6, 6.07) is 7.89. The van der Waals surface area contributed by atoms with Crippen molar-refractivity contribution in [2.24, 2.45) is 9.36 Å². The Bertz CT molecular complexity index is 1530. The van der Waals surface area contributed by atoms with Crippen LogP contribution >= 0.6 is 11.6 Å². The van der Waals surface area contributed by atoms with Crippen LogP contribution in [0.1, 0.15) is 32.4 Å². The second kappa shape index (κ2) is 12.0. The van der Waals surface area contributed by atoms with Gasteiger partial charge in [-0.1, -0.05) is 49.7 Å². The topological polar surface area (TPSA) is 165 Å². The summed E-state index contributed by atoms with van der Waals surface area (Å²) in [7, 11) is -2.42. The van der Waals surface area contributed by atoms with E-state index in [9.17, 15) is 14.4 Å². The van der Waals surface area contributed by atoms with E-state index in [1.54, 1.807) is 6.08 Å². The molecule has 5 N–H and O–H groups in total. The molecule has 1 aromatic carbocycles. The van der Waals surface area contributed by atoms with Crippen LogP contribution in [-0.4, -0.2) is 80.0 Å². The van der Waals surface area contributed by atoms with Crippen LogP contribution in [0, 0.1) is 5.41 Å². The molecule has 0 bridgehead atoms. The van der Waals surface area contributed by atoms with Crippen LogP contribution in [0.5, 0.6) is 6.01 Å². The first-order valence-corrected chi connectivity index (χ1v) is 15.2. The number of ether oxygens (including phenoxy) is 2. The van der Waals surface area contributed by atoms with Crippen molar-refractivity contribution in [3.8, 4) is 6.01 Å². The number of hydrogen-bond donors (Lipinski definition) is 5. The smallest absolute Gasteiger partial charge is 0.296 e. The first kappa shape index (κ1) is 29.0. The van der Waals surface area contributed by atoms with E-state index in [4.69, 9.17) is 26.5 Å². The van der Waals surface area contributed by atoms with Crippen LogP contribution in [0.3, 0.4) is 0 Å². The number of fused-ring (bicyclic) bond motifs is 1. The summed E-state index contributed by atoms with van der Waals surface area (Å²) in [6.45, 7) is 3.92. The van der Waals surface area contributed by atoms with Crippen LogP contribution in [0.15, 0.2) is 38.7 Å². The van der Waals surface area contributed by atoms with Gasteiger partial charge in [0.1, 0.15) is 24.4 Å². The first-order chi connectivity index (χ1) is 18.5. The van der Waals surface area contributed by atoms with Crippen molar-refractivity contribution in [3.63, 3.8) is 0 Å². The summed E-state index contributed by atoms with van der Waals surface area (Å²) in [4.78, 5) is 12.0. The Morgan fingerprint density at radius 2 is 2.05 bits per heavy atom. The van der Waals surface area contributed by atoms with Crippen LogP contribution in [-0.2, 0) is 14.5 Å². The zero-order chi connectivity index (χ0) is 28.3. The van der Waals surface area contributed by atoms with E-state index < -0.39 is 34.1 Å². The minimum Gasteiger partial charge on any atom is -0.459 e. The Labute approximate surface area is 232 Å². The van der Waals surface area contributed by atoms with Gasteiger partial charge in [-0.15, -0.1) is 0 Å². The average Bonchev–Trinajstić information content (AvgIpc) is 3.43. The molecule has 210 valence electrons. The average molecular weight is 577 g/mol. The van der Waals surface area contributed by atoms with Crippen LogP contribution < -0.4 is 20.5 Å². The molecular weight excluding hydrogens is 544 g/mol. The van der Waals surface area contributed by atoms with E-state index in [-0.39, 0.29) is 18.5 Å². The fourth-order valence-corrected chi connectivity index (χ4v) is 5.07. The van der Waals surface area contributed by atoms with Gasteiger partial charge in [-0.05, 0) is 29.4 Å². The van der Waals surface area contributed by atoms with E-state index in [2.05, 4.69) is 24.6 Å². The van der Waals surface area contributed by atoms with E-state index in [1.807, 2.05) is 38.1 Å². The summed E-state index contributed by atoms with van der Waals surface area (Å²) < 4.78 is 27.1. The minimum atomic E-state index is -2.42. The highest BCUT2D eigenvalue weighted by molar-refractivity contribution is 7.92. The number of aliphatic imine (C=N–C) groups is 1. The predicted octanol–water partition coefficient (Wildman–Crippen LogP) is 1.80. The van der Waals surface area contributed by atoms with Gasteiger partial charge in [0.25, 0.3) is 6.01 Å². The molecule has 1 fully saturated rings. The Morgan fingerprint density at radius 1 is 1.33 bits per heavy atom. The number of rotatable bonds is 7. The molecule has 0 amide bonds. The highest BCUT2D eigenvalue weighted by Crippen LogP contribution is 2.32. The number of halogens is 1. The van der Waals surface area contributed by atoms with Gasteiger partial charge in [-0.2, -0.15) is 9.35 Å². The second-order valence-electron chi connectivity index (χ2n) is 9.51. The lowest BCUT2D eigenvalue weighted by Crippen LogP contribution is -2.41. The van der Waals surface area contributed by atoms with Crippen molar-refractivity contribution in [1.29, 1.82) is 5.41 Å². The summed E-state index contributed by atoms with van der Waals surface area (Å²) in [5, 5.41) is 33.3. The molecule has 0 saturated carbocycles. The van der Waals surface area contributed by atoms with Crippen molar-refractivity contribution < 1.29 is 23.9 Å². The van der Waals surface area contributed by atoms with Crippen molar-refractivity contribution in [3.05, 3.63) is 45.4 Å². The minimum absolute atomic E-state index is 0.0569. The second-order valence-corrected chi connectivity index (χ2v) is 12.5. The number of H-pyrrole nitrogens is 1. The van der Waals surface area contributed by atoms with Gasteiger partial charge >= 0.3 is 0 Å². The molecule has 13 heteroatoms. The molecule has 11 nitrogen and oxygen atoms in total. The van der Waals surface area contributed by atoms with Crippen molar-refractivity contribution in [2.45, 2.75) is 51.1 Å². The van der Waals surface area contributed by atoms with Crippen molar-refractivity contribution in [2.75, 3.05) is 24.4 Å². The Morgan fingerprint density at radius 3 is 2.64 bits per heavy atom. The molecule has 0 radical (unpaired) electrons. The molecule has 2 aliphatic heterocycles. The number of aliphatic hydroxyl groups excluding tert-OH is 2. The maximum atomic E-state index is 11.8. The summed E-state index contributed by atoms with van der Waals surface area (Å²) in [5.74, 6) is 0.395. The van der Waals surface area contributed by atoms with E-state index in [0.717, 1.165) is 16.1 Å². The Balaban J connectivity index is 1.57. The van der Waals surface area contributed by atoms with Gasteiger partial charge in [0.05, 0.1) is 29.2 Å². The number of anilines is 1. The number of aromatic amines is 1. The molecule has 39 heavy (non-hydrogen) atoms. The van der Waals surface area contributed by atoms with E-state index >= 15 is 0 Å². The lowest BCUT2D eigenvalue weighted by atomic mass is 10.0. The Kier molecular flexibility index (Phi) is 8.92. The standard InChI is InChI=1S/C26H33ClN6O5S/c1-5-17(29-12-21(28)33-39(3,4)36)14-7-9-15(10-8-14)22-16(27)11-18-25(31-22)32-26(30-18)38-20(6-2)24-23(35)19(34)13-37-24/h7-12,19-20,23-24,28,31,34-35H,5-6,13H2,1-4H3,(H,30,32)/t19-,20-,23-,24-/m1/s1. The maximum absolute atomic E-state index is 11.8. The fraction of sp³-hybridized carbons (Fsp3) is 0.423. The highest BCUT2D eigenvalue weighted by Gasteiger charge is 2.40. The zero-order valence-electron chi connectivity index (χ0n) is 22.1. The molecule has 0 spiro atoms. The monoisotopic (exact) mass is 576 g/mol. The molecule has 0 unspecified atom stereocenters. The van der Waals surface area contributed by atoms with Crippen LogP contribution in [0.4, 0.5) is 5.82 Å². The molecule has 1 saturated heterocycles. The SMILES string of the molecule is CCC(N=CC(=N)N=S(C)(C)=O)=c1ccc(=C2Nc3nc(O[C@H](CC)[C@H]4OC[C@@H](O)[C@H]4O)[nH]c3C=C2Cl)cc1. The van der Waals surface area contributed by atoms with Gasteiger partial charge < -0.3 is 30.0 Å². The number of imidazole rings is 1. The van der Waals surface area contributed by atoms with Gasteiger partial charge in [0.15, 0.2) is 11.7 Å². The summed E-state index contributed by atoms with van der Waals surface area (Å²) in [6.07, 6.45) is 4.05. The van der Waals surface area contributed by atoms with Gasteiger partial charge in [0.2, 0.25) is 0 Å². The molecule has 0 aliphatic carbocycles. The highest BCUT2D eigenvalue weighted by atomic mass is 35.5. The third-order valence-electron chi connectivity index (χ3n) is 6.19. The predicted molar refractivity (Wildman–Crippen MR) is 154 cm³/mol. The molecule has 4 rings (SSSR count). The summed E-state index contributed by atoms with van der Waals surface area (Å²) in [5.41, 5.74) is 2.07. The molecular formula is C26H33ClN6O5S. The number of nitrogens with one attached hydrogen (secondary N) is 3. The maximum Gasteiger partial charge on any atom is 0.296 e. The Hall–Kier alpha value is -3.03. The normalized spacial score (nSPS) is 21.8. The number of amidine groups is 1. The van der Waals surface area contributed by atoms with Gasteiger partial charge in [-0.25, -0.2) is 4.21 Å². The van der Waals surface area contributed by atoms with Crippen LogP contribution in [0.2, 0.25) is 0 Å². The summed E-state index contributed by atoms with van der Waals surface area (Å²) >= 11 is 6.60. The molecule has 3 heterocycles. The number of benzene rings is 1. The third kappa shape index (κ3) is 6.95. The number of nitrogens with zero attached hydrogens (tertiary/aromatic N) is 3. The van der Waals surface area contributed by atoms with Crippen molar-refractivity contribution >= 4 is 56.7 Å².